The Labute approximate surface area is 101 Å². The minimum Gasteiger partial charge on any atom is -0.478 e. The van der Waals surface area contributed by atoms with Gasteiger partial charge in [-0.2, -0.15) is 26.3 Å². The summed E-state index contributed by atoms with van der Waals surface area (Å²) in [6.07, 6.45) is -4.91. The van der Waals surface area contributed by atoms with Crippen LogP contribution in [-0.2, 0) is 6.18 Å². The topological polar surface area (TPSA) is 37.3 Å². The zero-order chi connectivity index (χ0) is 14.1. The maximum atomic E-state index is 12.4. The molecule has 1 aromatic rings. The van der Waals surface area contributed by atoms with Crippen LogP contribution in [0.5, 0.6) is 0 Å². The van der Waals surface area contributed by atoms with Crippen LogP contribution in [0.25, 0.3) is 0 Å². The molecule has 0 spiro atoms. The molecule has 1 N–H and O–H groups in total. The third-order valence-corrected chi connectivity index (χ3v) is 2.42. The maximum absolute atomic E-state index is 12.4. The highest BCUT2D eigenvalue weighted by molar-refractivity contribution is 8.00. The molecular formula is C9H4F6O2S. The van der Waals surface area contributed by atoms with Crippen molar-refractivity contribution in [2.24, 2.45) is 0 Å². The van der Waals surface area contributed by atoms with E-state index in [-0.39, 0.29) is 12.1 Å². The van der Waals surface area contributed by atoms with Gasteiger partial charge in [0.2, 0.25) is 0 Å². The van der Waals surface area contributed by atoms with E-state index < -0.39 is 45.4 Å². The van der Waals surface area contributed by atoms with E-state index >= 15 is 0 Å². The minimum atomic E-state index is -4.91. The molecule has 0 atom stereocenters. The van der Waals surface area contributed by atoms with E-state index in [9.17, 15) is 31.1 Å². The van der Waals surface area contributed by atoms with Crippen molar-refractivity contribution in [2.75, 3.05) is 0 Å². The molecule has 1 rings (SSSR count). The van der Waals surface area contributed by atoms with Gasteiger partial charge in [-0.05, 0) is 30.0 Å². The highest BCUT2D eigenvalue weighted by Crippen LogP contribution is 2.40. The van der Waals surface area contributed by atoms with Crippen LogP contribution in [0.1, 0.15) is 15.9 Å². The second kappa shape index (κ2) is 4.71. The van der Waals surface area contributed by atoms with Gasteiger partial charge in [-0.1, -0.05) is 0 Å². The van der Waals surface area contributed by atoms with Crippen molar-refractivity contribution in [3.8, 4) is 0 Å². The highest BCUT2D eigenvalue weighted by Gasteiger charge is 2.34. The summed E-state index contributed by atoms with van der Waals surface area (Å²) in [5, 5.41) is 8.54. The quantitative estimate of drug-likeness (QED) is 0.660. The molecule has 0 radical (unpaired) electrons. The SMILES string of the molecule is O=C(O)c1cc(SC(F)(F)F)cc(C(F)(F)F)c1. The molecule has 0 bridgehead atoms. The van der Waals surface area contributed by atoms with E-state index in [1.807, 2.05) is 0 Å². The molecule has 0 aromatic heterocycles. The number of aromatic carboxylic acids is 1. The first-order valence-electron chi connectivity index (χ1n) is 4.20. The summed E-state index contributed by atoms with van der Waals surface area (Å²) >= 11 is -0.801. The summed E-state index contributed by atoms with van der Waals surface area (Å²) in [4.78, 5) is 9.72. The summed E-state index contributed by atoms with van der Waals surface area (Å²) in [7, 11) is 0. The lowest BCUT2D eigenvalue weighted by Gasteiger charge is -2.11. The molecule has 0 aliphatic carbocycles. The van der Waals surface area contributed by atoms with E-state index in [4.69, 9.17) is 5.11 Å². The molecule has 9 heteroatoms. The van der Waals surface area contributed by atoms with Crippen LogP contribution in [0.4, 0.5) is 26.3 Å². The second-order valence-electron chi connectivity index (χ2n) is 3.10. The van der Waals surface area contributed by atoms with Crippen LogP contribution < -0.4 is 0 Å². The molecule has 18 heavy (non-hydrogen) atoms. The standard InChI is InChI=1S/C9H4F6O2S/c10-8(11,12)5-1-4(7(16)17)2-6(3-5)18-9(13,14)15/h1-3H,(H,16,17). The number of benzene rings is 1. The Balaban J connectivity index is 3.27. The number of carboxylic acid groups (broad SMARTS) is 1. The van der Waals surface area contributed by atoms with E-state index in [0.29, 0.717) is 6.07 Å². The zero-order valence-electron chi connectivity index (χ0n) is 8.26. The van der Waals surface area contributed by atoms with E-state index in [0.717, 1.165) is 0 Å². The number of carbonyl (C=O) groups is 1. The van der Waals surface area contributed by atoms with Crippen LogP contribution in [-0.4, -0.2) is 16.6 Å². The predicted octanol–water partition coefficient (Wildman–Crippen LogP) is 4.02. The summed E-state index contributed by atoms with van der Waals surface area (Å²) in [5.74, 6) is -1.73. The number of halogens is 6. The summed E-state index contributed by atoms with van der Waals surface area (Å²) in [5.41, 5.74) is -7.08. The van der Waals surface area contributed by atoms with E-state index in [1.54, 1.807) is 0 Å². The Morgan fingerprint density at radius 3 is 2.00 bits per heavy atom. The number of alkyl halides is 6. The number of carboxylic acids is 1. The molecule has 0 aliphatic rings. The fraction of sp³-hybridized carbons (Fsp3) is 0.222. The van der Waals surface area contributed by atoms with Crippen molar-refractivity contribution in [2.45, 2.75) is 16.6 Å². The van der Waals surface area contributed by atoms with Crippen molar-refractivity contribution in [1.29, 1.82) is 0 Å². The largest absolute Gasteiger partial charge is 0.478 e. The molecule has 0 heterocycles. The normalized spacial score (nSPS) is 12.6. The fourth-order valence-corrected chi connectivity index (χ4v) is 1.72. The minimum absolute atomic E-state index is 0.255. The Hall–Kier alpha value is -1.38. The van der Waals surface area contributed by atoms with Gasteiger partial charge in [0.05, 0.1) is 11.1 Å². The maximum Gasteiger partial charge on any atom is 0.446 e. The van der Waals surface area contributed by atoms with Gasteiger partial charge in [0, 0.05) is 4.90 Å². The van der Waals surface area contributed by atoms with Crippen LogP contribution in [0.3, 0.4) is 0 Å². The molecule has 100 valence electrons. The molecule has 0 saturated carbocycles. The van der Waals surface area contributed by atoms with Gasteiger partial charge in [-0.3, -0.25) is 0 Å². The van der Waals surface area contributed by atoms with Crippen molar-refractivity contribution in [1.82, 2.24) is 0 Å². The smallest absolute Gasteiger partial charge is 0.446 e. The molecule has 0 saturated heterocycles. The molecule has 2 nitrogen and oxygen atoms in total. The summed E-state index contributed by atoms with van der Waals surface area (Å²) < 4.78 is 73.2. The number of rotatable bonds is 2. The molecule has 0 aliphatic heterocycles. The third-order valence-electron chi connectivity index (χ3n) is 1.71. The highest BCUT2D eigenvalue weighted by atomic mass is 32.2. The molecule has 0 amide bonds. The van der Waals surface area contributed by atoms with Gasteiger partial charge < -0.3 is 5.11 Å². The van der Waals surface area contributed by atoms with E-state index in [2.05, 4.69) is 0 Å². The van der Waals surface area contributed by atoms with Gasteiger partial charge in [0.25, 0.3) is 0 Å². The van der Waals surface area contributed by atoms with Crippen molar-refractivity contribution >= 4 is 17.7 Å². The van der Waals surface area contributed by atoms with Gasteiger partial charge in [-0.15, -0.1) is 0 Å². The summed E-state index contributed by atoms with van der Waals surface area (Å²) in [6.45, 7) is 0. The number of thioether (sulfide) groups is 1. The number of hydrogen-bond donors (Lipinski definition) is 1. The van der Waals surface area contributed by atoms with Gasteiger partial charge in [0.1, 0.15) is 0 Å². The van der Waals surface area contributed by atoms with Crippen LogP contribution >= 0.6 is 11.8 Å². The average molecular weight is 290 g/mol. The Bertz CT molecular complexity index is 465. The molecule has 0 fully saturated rings. The Morgan fingerprint density at radius 2 is 1.61 bits per heavy atom. The molecular weight excluding hydrogens is 286 g/mol. The van der Waals surface area contributed by atoms with Crippen LogP contribution in [0.2, 0.25) is 0 Å². The zero-order valence-corrected chi connectivity index (χ0v) is 9.08. The Kier molecular flexibility index (Phi) is 3.84. The lowest BCUT2D eigenvalue weighted by Crippen LogP contribution is -2.09. The second-order valence-corrected chi connectivity index (χ2v) is 4.24. The molecule has 1 aromatic carbocycles. The molecule has 0 unspecified atom stereocenters. The summed E-state index contributed by atoms with van der Waals surface area (Å²) in [6, 6.07) is 1.07. The van der Waals surface area contributed by atoms with Crippen LogP contribution in [0, 0.1) is 0 Å². The first kappa shape index (κ1) is 14.7. The van der Waals surface area contributed by atoms with Crippen LogP contribution in [0.15, 0.2) is 23.1 Å². The first-order chi connectivity index (χ1) is 7.99. The first-order valence-corrected chi connectivity index (χ1v) is 5.02. The van der Waals surface area contributed by atoms with Gasteiger partial charge in [-0.25, -0.2) is 4.79 Å². The lowest BCUT2D eigenvalue weighted by atomic mass is 10.1. The van der Waals surface area contributed by atoms with Gasteiger partial charge >= 0.3 is 17.7 Å². The third kappa shape index (κ3) is 4.13. The van der Waals surface area contributed by atoms with Crippen molar-refractivity contribution in [3.05, 3.63) is 29.3 Å². The average Bonchev–Trinajstić information content (AvgIpc) is 2.12. The van der Waals surface area contributed by atoms with Gasteiger partial charge in [0.15, 0.2) is 0 Å². The predicted molar refractivity (Wildman–Crippen MR) is 50.3 cm³/mol. The van der Waals surface area contributed by atoms with Crippen molar-refractivity contribution in [3.63, 3.8) is 0 Å². The number of hydrogen-bond acceptors (Lipinski definition) is 2. The Morgan fingerprint density at radius 1 is 1.06 bits per heavy atom. The fourth-order valence-electron chi connectivity index (χ4n) is 1.08. The monoisotopic (exact) mass is 290 g/mol. The van der Waals surface area contributed by atoms with E-state index in [1.165, 1.54) is 0 Å². The lowest BCUT2D eigenvalue weighted by molar-refractivity contribution is -0.137. The van der Waals surface area contributed by atoms with Crippen molar-refractivity contribution < 1.29 is 36.2 Å².